The van der Waals surface area contributed by atoms with E-state index in [0.29, 0.717) is 0 Å². The zero-order chi connectivity index (χ0) is 99.1. The fraction of sp³-hybridized carbons (Fsp3) is 0.134. The number of phenols is 29. The maximum absolute atomic E-state index is 16.3. The fourth-order valence-electron chi connectivity index (χ4n) is 14.9. The molecule has 0 unspecified atom stereocenters. The summed E-state index contributed by atoms with van der Waals surface area (Å²) in [4.78, 5) is 164. The van der Waals surface area contributed by atoms with Crippen LogP contribution in [0.2, 0.25) is 0 Å². The molecule has 9 atom stereocenters. The molecule has 0 radical (unpaired) electrons. The van der Waals surface area contributed by atoms with Gasteiger partial charge in [0.2, 0.25) is 57.8 Å². The smallest absolute Gasteiger partial charge is 0.347 e. The standard InChI is InChI=1S/C82H56O53/c83-23-1-14(2-24(84)46(23)93)74(117)129-35-13-127-77(120)21-11-33(128-66-22(72(113)114)10-32(92)53(100)64(66)111)54(101)60(107)39(21)38-18(7-29(89)50(97)57(38)104)80(123)132-68(35)71-69-44(43-45(82(125)133-69)42(61(108)63(110)62(43)109)40-19(81(124)135-71)8-30(90)51(98)58(40)105)41-20(9-31(91)52(99)59(41)106)78(121)130-34-12-126-76(119)16-5-27(87)48(95)55(102)36(16)37-17(6-28(88)49(96)56(37)103)79(122)131-67(34)65(112)70(73(115)116)134-75(118)15-3-25(85)47(94)26(86)4-15/h1-11,34-35,44,65,67-71,83-112H,12-13H2,(H,113,114)(H,115,116)/t34-,35-,44+,65+,67-,68-,69+,70-,71+/m1/s1. The van der Waals surface area contributed by atoms with Crippen LogP contribution in [-0.4, -0.2) is 291 Å². The number of hydrogen-bond donors (Lipinski definition) is 32. The van der Waals surface area contributed by atoms with Crippen LogP contribution in [0.1, 0.15) is 121 Å². The molecule has 0 saturated carbocycles. The summed E-state index contributed by atoms with van der Waals surface area (Å²) >= 11 is 0. The number of carboxylic acids is 2. The number of aliphatic hydroxyl groups is 1. The molecule has 53 heteroatoms. The van der Waals surface area contributed by atoms with Crippen molar-refractivity contribution in [3.8, 4) is 212 Å². The lowest BCUT2D eigenvalue weighted by Crippen LogP contribution is -2.56. The molecular formula is C82H56O53. The quantitative estimate of drug-likeness (QED) is 0.0422. The van der Waals surface area contributed by atoms with Gasteiger partial charge in [0.15, 0.2) is 163 Å². The molecule has 10 aromatic carbocycles. The first-order valence-electron chi connectivity index (χ1n) is 37.0. The van der Waals surface area contributed by atoms with E-state index >= 15 is 33.6 Å². The average Bonchev–Trinajstić information content (AvgIpc) is 0.765. The van der Waals surface area contributed by atoms with E-state index in [0.717, 1.165) is 0 Å². The molecule has 53 nitrogen and oxygen atoms in total. The molecular weight excluding hydrogens is 1830 g/mol. The Bertz CT molecular complexity index is 6930. The summed E-state index contributed by atoms with van der Waals surface area (Å²) in [7, 11) is 0. The number of ether oxygens (including phenoxy) is 10. The number of aliphatic hydroxyl groups excluding tert-OH is 1. The van der Waals surface area contributed by atoms with E-state index in [1.165, 1.54) is 0 Å². The van der Waals surface area contributed by atoms with Crippen LogP contribution in [0.4, 0.5) is 0 Å². The lowest BCUT2D eigenvalue weighted by atomic mass is 9.73. The monoisotopic (exact) mass is 1890 g/mol. The summed E-state index contributed by atoms with van der Waals surface area (Å²) < 4.78 is 56.3. The maximum Gasteiger partial charge on any atom is 0.347 e. The molecule has 4 aliphatic heterocycles. The first kappa shape index (κ1) is 91.5. The molecule has 0 fully saturated rings. The minimum atomic E-state index is -3.64. The van der Waals surface area contributed by atoms with Crippen molar-refractivity contribution in [3.05, 3.63) is 133 Å². The van der Waals surface area contributed by atoms with Crippen LogP contribution < -0.4 is 4.74 Å². The Morgan fingerprint density at radius 1 is 0.304 bits per heavy atom. The van der Waals surface area contributed by atoms with Crippen molar-refractivity contribution in [1.29, 1.82) is 0 Å². The highest BCUT2D eigenvalue weighted by atomic mass is 16.7. The zero-order valence-electron chi connectivity index (χ0n) is 65.8. The molecule has 2 bridgehead atoms. The molecule has 10 aromatic rings. The number of aliphatic carboxylic acids is 1. The van der Waals surface area contributed by atoms with E-state index in [1.54, 1.807) is 0 Å². The predicted octanol–water partition coefficient (Wildman–Crippen LogP) is 3.06. The normalized spacial score (nSPS) is 17.8. The van der Waals surface area contributed by atoms with E-state index in [1.807, 2.05) is 0 Å². The van der Waals surface area contributed by atoms with Crippen molar-refractivity contribution in [1.82, 2.24) is 0 Å². The first-order chi connectivity index (χ1) is 63.3. The average molecular weight is 1890 g/mol. The minimum absolute atomic E-state index is 0.0202. The highest BCUT2D eigenvalue weighted by molar-refractivity contribution is 6.13. The Balaban J connectivity index is 1.03. The number of rotatable bonds is 14. The fourth-order valence-corrected chi connectivity index (χ4v) is 14.9. The molecule has 32 N–H and O–H groups in total. The second kappa shape index (κ2) is 33.2. The highest BCUT2D eigenvalue weighted by Gasteiger charge is 2.58. The Kier molecular flexibility index (Phi) is 22.5. The number of benzene rings is 10. The number of carbonyl (C=O) groups is 11. The largest absolute Gasteiger partial charge is 0.504 e. The van der Waals surface area contributed by atoms with Crippen LogP contribution in [0.5, 0.6) is 178 Å². The van der Waals surface area contributed by atoms with E-state index in [-0.39, 0.29) is 66.7 Å². The third-order valence-corrected chi connectivity index (χ3v) is 21.2. The molecule has 0 aliphatic carbocycles. The van der Waals surface area contributed by atoms with Crippen molar-refractivity contribution in [2.45, 2.75) is 54.7 Å². The maximum atomic E-state index is 16.3. The number of hydrogen-bond acceptors (Lipinski definition) is 51. The van der Waals surface area contributed by atoms with Gasteiger partial charge in [-0.2, -0.15) is 0 Å². The second-order valence-corrected chi connectivity index (χ2v) is 29.1. The lowest BCUT2D eigenvalue weighted by Gasteiger charge is -2.43. The predicted molar refractivity (Wildman–Crippen MR) is 417 cm³/mol. The summed E-state index contributed by atoms with van der Waals surface area (Å²) in [5.74, 6) is -81.6. The van der Waals surface area contributed by atoms with Crippen LogP contribution >= 0.6 is 0 Å². The lowest BCUT2D eigenvalue weighted by molar-refractivity contribution is -0.166. The summed E-state index contributed by atoms with van der Waals surface area (Å²) in [5.41, 5.74) is -28.1. The molecule has 0 spiro atoms. The molecule has 702 valence electrons. The van der Waals surface area contributed by atoms with Crippen LogP contribution in [0.25, 0.3) is 33.4 Å². The number of fused-ring (bicyclic) bond motifs is 10. The van der Waals surface area contributed by atoms with E-state index in [2.05, 4.69) is 0 Å². The third kappa shape index (κ3) is 15.0. The summed E-state index contributed by atoms with van der Waals surface area (Å²) in [6, 6.07) is 1.72. The molecule has 0 aromatic heterocycles. The van der Waals surface area contributed by atoms with Crippen molar-refractivity contribution in [2.75, 3.05) is 13.2 Å². The van der Waals surface area contributed by atoms with Gasteiger partial charge in [0, 0.05) is 56.6 Å². The topological polar surface area (TPSA) is 927 Å². The Morgan fingerprint density at radius 2 is 0.652 bits per heavy atom. The van der Waals surface area contributed by atoms with Crippen molar-refractivity contribution >= 4 is 65.7 Å². The van der Waals surface area contributed by atoms with E-state index in [4.69, 9.17) is 47.4 Å². The van der Waals surface area contributed by atoms with Gasteiger partial charge in [-0.05, 0) is 54.6 Å². The van der Waals surface area contributed by atoms with Gasteiger partial charge in [-0.1, -0.05) is 0 Å². The van der Waals surface area contributed by atoms with Crippen molar-refractivity contribution in [2.24, 2.45) is 0 Å². The second-order valence-electron chi connectivity index (χ2n) is 29.1. The minimum Gasteiger partial charge on any atom is -0.504 e. The molecule has 4 heterocycles. The van der Waals surface area contributed by atoms with Crippen LogP contribution in [0.3, 0.4) is 0 Å². The number of carbonyl (C=O) groups excluding carboxylic acids is 9. The van der Waals surface area contributed by atoms with Crippen molar-refractivity contribution in [3.63, 3.8) is 0 Å². The first-order valence-corrected chi connectivity index (χ1v) is 37.0. The van der Waals surface area contributed by atoms with Gasteiger partial charge in [-0.3, -0.25) is 0 Å². The van der Waals surface area contributed by atoms with E-state index in [9.17, 15) is 183 Å². The number of aromatic carboxylic acids is 1. The number of phenolic OH excluding ortho intramolecular Hbond substituents is 29. The SMILES string of the molecule is O=C(O[C@@H]1COC(=O)c2cc(Oc3c(C(=O)O)cc(O)c(O)c3O)c(O)c(O)c2-c2c(cc(O)c(O)c2O)C(=O)O[C@H]1[C@@H]1OC(=O)c2cc(O)c(O)c(O)c2-c2c(O)c(O)c(O)c3c2C(=O)O[C@H]1[C@H]3c1c(C(=O)O[C@@H]2COC(=O)c3cc(O)c(O)c(O)c3-c3c(cc(O)c(O)c3O)C(=O)O[C@H]2[C@H](O)[C@@H](OC(=O)c2cc(O)c(O)c(O)c2)C(=O)O)cc(O)c(O)c1O)c1cc(O)c(O)c(O)c1. The van der Waals surface area contributed by atoms with Crippen LogP contribution in [0.15, 0.2) is 66.7 Å². The van der Waals surface area contributed by atoms with Gasteiger partial charge in [-0.15, -0.1) is 0 Å². The molecule has 4 aliphatic rings. The van der Waals surface area contributed by atoms with Crippen molar-refractivity contribution < 1.29 is 264 Å². The summed E-state index contributed by atoms with van der Waals surface area (Å²) in [6.45, 7) is -4.18. The third-order valence-electron chi connectivity index (χ3n) is 21.2. The number of esters is 9. The van der Waals surface area contributed by atoms with Gasteiger partial charge >= 0.3 is 65.7 Å². The Labute approximate surface area is 739 Å². The molecule has 14 rings (SSSR count). The summed E-state index contributed by atoms with van der Waals surface area (Å²) in [5, 5.41) is 361. The Hall–Kier alpha value is -19.7. The molecule has 135 heavy (non-hydrogen) atoms. The van der Waals surface area contributed by atoms with Gasteiger partial charge in [-0.25, -0.2) is 52.7 Å². The number of cyclic esters (lactones) is 5. The van der Waals surface area contributed by atoms with Gasteiger partial charge in [0.25, 0.3) is 0 Å². The summed E-state index contributed by atoms with van der Waals surface area (Å²) in [6.07, 6.45) is -27.9. The van der Waals surface area contributed by atoms with Gasteiger partial charge in [0.05, 0.1) is 56.0 Å². The number of carboxylic acid groups (broad SMARTS) is 2. The van der Waals surface area contributed by atoms with E-state index < -0.39 is 412 Å². The van der Waals surface area contributed by atoms with Crippen LogP contribution in [0, 0.1) is 0 Å². The van der Waals surface area contributed by atoms with Gasteiger partial charge in [0.1, 0.15) is 24.9 Å². The number of aromatic hydroxyl groups is 29. The van der Waals surface area contributed by atoms with Gasteiger partial charge < -0.3 is 211 Å². The highest BCUT2D eigenvalue weighted by Crippen LogP contribution is 2.63. The molecule has 0 saturated heterocycles. The molecule has 0 amide bonds. The van der Waals surface area contributed by atoms with Crippen LogP contribution in [-0.2, 0) is 47.4 Å². The zero-order valence-corrected chi connectivity index (χ0v) is 65.8. The Morgan fingerprint density at radius 3 is 1.11 bits per heavy atom.